The minimum Gasteiger partial charge on any atom is -0.461 e. The maximum atomic E-state index is 13.5. The highest BCUT2D eigenvalue weighted by Gasteiger charge is 2.68. The van der Waals surface area contributed by atoms with Gasteiger partial charge in [0.1, 0.15) is 11.9 Å². The van der Waals surface area contributed by atoms with Gasteiger partial charge >= 0.3 is 5.97 Å². The number of aromatic nitrogens is 1. The highest BCUT2D eigenvalue weighted by Crippen LogP contribution is 2.68. The molecule has 36 heavy (non-hydrogen) atoms. The van der Waals surface area contributed by atoms with Crippen molar-refractivity contribution in [1.82, 2.24) is 4.98 Å². The van der Waals surface area contributed by atoms with Gasteiger partial charge in [-0.1, -0.05) is 45.5 Å². The molecule has 196 valence electrons. The Labute approximate surface area is 218 Å². The summed E-state index contributed by atoms with van der Waals surface area (Å²) in [6.07, 6.45) is 7.41. The van der Waals surface area contributed by atoms with Crippen LogP contribution in [0.5, 0.6) is 0 Å². The van der Waals surface area contributed by atoms with E-state index in [0.29, 0.717) is 17.9 Å². The zero-order chi connectivity index (χ0) is 26.3. The Morgan fingerprint density at radius 3 is 2.83 bits per heavy atom. The molecule has 3 saturated carbocycles. The predicted octanol–water partition coefficient (Wildman–Crippen LogP) is 4.37. The Kier molecular flexibility index (Phi) is 7.41. The largest absolute Gasteiger partial charge is 0.461 e. The lowest BCUT2D eigenvalue weighted by atomic mass is 9.44. The van der Waals surface area contributed by atoms with Crippen LogP contribution in [0.1, 0.15) is 65.4 Å². The van der Waals surface area contributed by atoms with Gasteiger partial charge in [0.2, 0.25) is 0 Å². The molecule has 1 aromatic rings. The number of pyridine rings is 1. The number of esters is 1. The molecule has 0 unspecified atom stereocenters. The monoisotopic (exact) mass is 513 g/mol. The summed E-state index contributed by atoms with van der Waals surface area (Å²) in [6, 6.07) is 3.60. The van der Waals surface area contributed by atoms with Crippen molar-refractivity contribution in [2.45, 2.75) is 77.0 Å². The molecule has 4 rings (SSSR count). The fourth-order valence-electron chi connectivity index (χ4n) is 7.50. The van der Waals surface area contributed by atoms with E-state index in [-0.39, 0.29) is 40.7 Å². The highest BCUT2D eigenvalue weighted by atomic mass is 32.2. The Morgan fingerprint density at radius 1 is 1.39 bits per heavy atom. The van der Waals surface area contributed by atoms with E-state index in [9.17, 15) is 14.7 Å². The molecule has 0 saturated heterocycles. The number of rotatable bonds is 6. The number of hydrazone groups is 1. The summed E-state index contributed by atoms with van der Waals surface area (Å²) in [4.78, 5) is 31.0. The van der Waals surface area contributed by atoms with Gasteiger partial charge in [0, 0.05) is 29.4 Å². The number of Topliss-reactive ketones (excluding diaryl/α,β-unsaturated/α-hetero) is 1. The number of nitrogens with zero attached hydrogens (tertiary/aromatic N) is 2. The summed E-state index contributed by atoms with van der Waals surface area (Å²) in [5.74, 6) is 5.15. The van der Waals surface area contributed by atoms with Crippen molar-refractivity contribution in [2.24, 2.45) is 44.9 Å². The van der Waals surface area contributed by atoms with Crippen molar-refractivity contribution >= 4 is 29.7 Å². The van der Waals surface area contributed by atoms with Gasteiger partial charge in [0.05, 0.1) is 23.1 Å². The van der Waals surface area contributed by atoms with Gasteiger partial charge in [-0.2, -0.15) is 5.10 Å². The number of hydrogen-bond acceptors (Lipinski definition) is 8. The molecule has 1 heterocycles. The number of aliphatic hydroxyl groups excluding tert-OH is 1. The van der Waals surface area contributed by atoms with E-state index < -0.39 is 23.0 Å². The molecule has 0 aliphatic heterocycles. The molecule has 8 heteroatoms. The first-order valence-electron chi connectivity index (χ1n) is 12.9. The first kappa shape index (κ1) is 26.9. The van der Waals surface area contributed by atoms with Crippen LogP contribution < -0.4 is 5.84 Å². The third kappa shape index (κ3) is 4.30. The van der Waals surface area contributed by atoms with Crippen LogP contribution in [0.25, 0.3) is 0 Å². The van der Waals surface area contributed by atoms with Crippen LogP contribution in [0.15, 0.2) is 41.1 Å². The maximum Gasteiger partial charge on any atom is 0.316 e. The molecule has 7 nitrogen and oxygen atoms in total. The zero-order valence-corrected chi connectivity index (χ0v) is 22.6. The quantitative estimate of drug-likeness (QED) is 0.145. The van der Waals surface area contributed by atoms with Crippen molar-refractivity contribution in [3.8, 4) is 0 Å². The van der Waals surface area contributed by atoms with Crippen LogP contribution in [0, 0.1) is 34.0 Å². The van der Waals surface area contributed by atoms with Gasteiger partial charge in [-0.25, -0.2) is 4.98 Å². The molecule has 3 aliphatic rings. The SMILES string of the molecule is C=C[C@]1(C)C[C@@H](OC(=O)CSc2cc(/C=N/N)ccn2)[C@]2(C)[C@H](C)CC[C@]3(CCC(=O)[C@H]32)[C@@H](C)[C@@H]1O. The normalized spacial score (nSPS) is 40.4. The van der Waals surface area contributed by atoms with Crippen LogP contribution in [-0.4, -0.2) is 46.0 Å². The van der Waals surface area contributed by atoms with Crippen LogP contribution in [0.2, 0.25) is 0 Å². The van der Waals surface area contributed by atoms with E-state index in [4.69, 9.17) is 10.6 Å². The summed E-state index contributed by atoms with van der Waals surface area (Å²) in [5.41, 5.74) is -0.637. The van der Waals surface area contributed by atoms with Crippen molar-refractivity contribution in [3.05, 3.63) is 36.5 Å². The highest BCUT2D eigenvalue weighted by molar-refractivity contribution is 7.99. The minimum absolute atomic E-state index is 0.0496. The predicted molar refractivity (Wildman–Crippen MR) is 141 cm³/mol. The molecule has 2 bridgehead atoms. The van der Waals surface area contributed by atoms with E-state index >= 15 is 0 Å². The Bertz CT molecular complexity index is 1060. The third-order valence-corrected chi connectivity index (χ3v) is 10.8. The van der Waals surface area contributed by atoms with Crippen LogP contribution in [0.3, 0.4) is 0 Å². The summed E-state index contributed by atoms with van der Waals surface area (Å²) in [6.45, 7) is 12.5. The molecule has 3 aliphatic carbocycles. The second-order valence-electron chi connectivity index (χ2n) is 11.6. The Balaban J connectivity index is 1.65. The molecule has 0 spiro atoms. The lowest BCUT2D eigenvalue weighted by Gasteiger charge is -2.61. The first-order valence-corrected chi connectivity index (χ1v) is 13.9. The maximum absolute atomic E-state index is 13.5. The standard InChI is InChI=1S/C28H39N3O4S/c1-6-26(4)14-21(35-23(33)16-36-22-13-19(15-31-29)9-12-30-22)27(5)17(2)7-10-28(18(3)25(26)34)11-8-20(32)24(27)28/h6,9,12-13,15,17-18,21,24-25,34H,1,7-8,10-11,14,16,29H2,2-5H3/b31-15+/t17-,18+,21-,24+,25+,26-,27+,28+/m1/s1. The van der Waals surface area contributed by atoms with Crippen molar-refractivity contribution in [3.63, 3.8) is 0 Å². The van der Waals surface area contributed by atoms with Crippen LogP contribution in [-0.2, 0) is 14.3 Å². The van der Waals surface area contributed by atoms with Crippen LogP contribution in [0.4, 0.5) is 0 Å². The molecule has 0 amide bonds. The van der Waals surface area contributed by atoms with E-state index in [1.54, 1.807) is 12.3 Å². The van der Waals surface area contributed by atoms with Gasteiger partial charge in [0.25, 0.3) is 0 Å². The molecule has 3 N–H and O–H groups in total. The van der Waals surface area contributed by atoms with Crippen LogP contribution >= 0.6 is 11.8 Å². The number of ether oxygens (including phenoxy) is 1. The van der Waals surface area contributed by atoms with E-state index in [1.807, 2.05) is 19.1 Å². The minimum atomic E-state index is -0.673. The topological polar surface area (TPSA) is 115 Å². The second kappa shape index (κ2) is 9.93. The number of ketones is 1. The number of aliphatic hydroxyl groups is 1. The number of carbonyl (C=O) groups excluding carboxylic acids is 2. The smallest absolute Gasteiger partial charge is 0.316 e. The van der Waals surface area contributed by atoms with E-state index in [2.05, 4.69) is 37.4 Å². The summed E-state index contributed by atoms with van der Waals surface area (Å²) >= 11 is 1.29. The Hall–Kier alpha value is -2.19. The lowest BCUT2D eigenvalue weighted by Crippen LogP contribution is -2.63. The molecule has 0 radical (unpaired) electrons. The number of hydrogen-bond donors (Lipinski definition) is 2. The summed E-state index contributed by atoms with van der Waals surface area (Å²) in [5, 5.41) is 15.8. The fraction of sp³-hybridized carbons (Fsp3) is 0.643. The lowest BCUT2D eigenvalue weighted by molar-refractivity contribution is -0.205. The third-order valence-electron chi connectivity index (χ3n) is 9.90. The van der Waals surface area contributed by atoms with Gasteiger partial charge in [-0.15, -0.1) is 6.58 Å². The first-order chi connectivity index (χ1) is 17.0. The second-order valence-corrected chi connectivity index (χ2v) is 12.6. The number of carbonyl (C=O) groups is 2. The number of nitrogens with two attached hydrogens (primary N) is 1. The van der Waals surface area contributed by atoms with Gasteiger partial charge in [-0.3, -0.25) is 9.59 Å². The Morgan fingerprint density at radius 2 is 2.14 bits per heavy atom. The molecule has 0 aromatic carbocycles. The fourth-order valence-corrected chi connectivity index (χ4v) is 8.19. The van der Waals surface area contributed by atoms with Crippen molar-refractivity contribution in [2.75, 3.05) is 5.75 Å². The molecular weight excluding hydrogens is 474 g/mol. The average Bonchev–Trinajstić information content (AvgIpc) is 3.22. The molecule has 3 fully saturated rings. The van der Waals surface area contributed by atoms with Gasteiger partial charge in [0.15, 0.2) is 0 Å². The average molecular weight is 514 g/mol. The van der Waals surface area contributed by atoms with Crippen molar-refractivity contribution < 1.29 is 19.4 Å². The number of thioether (sulfide) groups is 1. The molecule has 8 atom stereocenters. The van der Waals surface area contributed by atoms with Gasteiger partial charge < -0.3 is 15.7 Å². The van der Waals surface area contributed by atoms with E-state index in [0.717, 1.165) is 24.8 Å². The summed E-state index contributed by atoms with van der Waals surface area (Å²) < 4.78 is 6.27. The zero-order valence-electron chi connectivity index (χ0n) is 21.8. The van der Waals surface area contributed by atoms with Gasteiger partial charge in [-0.05, 0) is 60.6 Å². The molecule has 1 aromatic heterocycles. The van der Waals surface area contributed by atoms with E-state index in [1.165, 1.54) is 18.0 Å². The van der Waals surface area contributed by atoms with Crippen molar-refractivity contribution in [1.29, 1.82) is 0 Å². The summed E-state index contributed by atoms with van der Waals surface area (Å²) in [7, 11) is 0. The molecular formula is C28H39N3O4S.